The number of primary amides is 1. The minimum Gasteiger partial charge on any atom is -0.488 e. The number of carbonyl (C=O) groups excluding carboxylic acids is 1. The summed E-state index contributed by atoms with van der Waals surface area (Å²) in [5.41, 5.74) is 11.6. The number of nitrogen functional groups attached to an aromatic ring is 1. The molecule has 9 heteroatoms. The third kappa shape index (κ3) is 3.08. The Hall–Kier alpha value is -2.42. The lowest BCUT2D eigenvalue weighted by Gasteiger charge is -2.31. The summed E-state index contributed by atoms with van der Waals surface area (Å²) in [7, 11) is 0. The van der Waals surface area contributed by atoms with Crippen LogP contribution >= 0.6 is 11.3 Å². The molecule has 0 aliphatic carbocycles. The Morgan fingerprint density at radius 2 is 2.14 bits per heavy atom. The Morgan fingerprint density at radius 3 is 2.77 bits per heavy atom. The second-order valence-corrected chi connectivity index (χ2v) is 5.93. The quantitative estimate of drug-likeness (QED) is 0.849. The molecule has 1 fully saturated rings. The van der Waals surface area contributed by atoms with Crippen molar-refractivity contribution in [3.8, 4) is 5.75 Å². The molecule has 0 radical (unpaired) electrons. The number of piperidine rings is 1. The molecule has 0 unspecified atom stereocenters. The molecule has 0 spiro atoms. The molecule has 1 saturated heterocycles. The van der Waals surface area contributed by atoms with E-state index >= 15 is 0 Å². The van der Waals surface area contributed by atoms with E-state index in [0.717, 1.165) is 31.1 Å². The number of nitrogens with zero attached hydrogens (tertiary/aromatic N) is 4. The van der Waals surface area contributed by atoms with Crippen LogP contribution in [0.3, 0.4) is 0 Å². The minimum absolute atomic E-state index is 0.101. The van der Waals surface area contributed by atoms with Gasteiger partial charge in [-0.15, -0.1) is 10.2 Å². The van der Waals surface area contributed by atoms with E-state index in [9.17, 15) is 4.79 Å². The number of anilines is 2. The highest BCUT2D eigenvalue weighted by Gasteiger charge is 2.24. The number of hydrogen-bond donors (Lipinski definition) is 2. The zero-order chi connectivity index (χ0) is 15.5. The number of pyridine rings is 1. The molecule has 0 aromatic carbocycles. The maximum atomic E-state index is 11.1. The van der Waals surface area contributed by atoms with Crippen LogP contribution < -0.4 is 21.1 Å². The predicted octanol–water partition coefficient (Wildman–Crippen LogP) is 0.662. The molecule has 0 atom stereocenters. The zero-order valence-electron chi connectivity index (χ0n) is 11.8. The molecule has 3 heterocycles. The van der Waals surface area contributed by atoms with Crippen molar-refractivity contribution in [2.45, 2.75) is 18.9 Å². The van der Waals surface area contributed by atoms with Gasteiger partial charge in [0.2, 0.25) is 10.1 Å². The van der Waals surface area contributed by atoms with Gasteiger partial charge in [0.1, 0.15) is 11.9 Å². The molecule has 1 aliphatic rings. The van der Waals surface area contributed by atoms with Gasteiger partial charge in [-0.3, -0.25) is 9.78 Å². The van der Waals surface area contributed by atoms with E-state index in [1.54, 1.807) is 18.5 Å². The number of rotatable bonds is 4. The Labute approximate surface area is 131 Å². The summed E-state index contributed by atoms with van der Waals surface area (Å²) >= 11 is 1.22. The summed E-state index contributed by atoms with van der Waals surface area (Å²) in [6.07, 6.45) is 5.02. The Kier molecular flexibility index (Phi) is 4.05. The van der Waals surface area contributed by atoms with Gasteiger partial charge in [0.05, 0.1) is 11.9 Å². The molecule has 116 valence electrons. The van der Waals surface area contributed by atoms with E-state index in [4.69, 9.17) is 16.2 Å². The van der Waals surface area contributed by atoms with Gasteiger partial charge in [0, 0.05) is 38.2 Å². The summed E-state index contributed by atoms with van der Waals surface area (Å²) < 4.78 is 5.92. The molecular formula is C13H16N6O2S. The molecular weight excluding hydrogens is 304 g/mol. The summed E-state index contributed by atoms with van der Waals surface area (Å²) in [6, 6.07) is 1.77. The lowest BCUT2D eigenvalue weighted by molar-refractivity contribution is 0.0999. The van der Waals surface area contributed by atoms with Crippen molar-refractivity contribution in [3.63, 3.8) is 0 Å². The fourth-order valence-electron chi connectivity index (χ4n) is 2.29. The van der Waals surface area contributed by atoms with Gasteiger partial charge in [-0.25, -0.2) is 0 Å². The topological polar surface area (TPSA) is 120 Å². The zero-order valence-corrected chi connectivity index (χ0v) is 12.6. The van der Waals surface area contributed by atoms with Crippen LogP contribution in [0.1, 0.15) is 22.6 Å². The van der Waals surface area contributed by atoms with E-state index in [1.165, 1.54) is 11.3 Å². The van der Waals surface area contributed by atoms with Crippen LogP contribution in [0.5, 0.6) is 5.75 Å². The third-order valence-electron chi connectivity index (χ3n) is 3.44. The maximum absolute atomic E-state index is 11.1. The molecule has 8 nitrogen and oxygen atoms in total. The van der Waals surface area contributed by atoms with Crippen LogP contribution in [-0.2, 0) is 0 Å². The van der Waals surface area contributed by atoms with Crippen LogP contribution in [0.4, 0.5) is 10.8 Å². The van der Waals surface area contributed by atoms with Crippen molar-refractivity contribution in [1.29, 1.82) is 0 Å². The lowest BCUT2D eigenvalue weighted by Crippen LogP contribution is -2.38. The van der Waals surface area contributed by atoms with E-state index in [-0.39, 0.29) is 11.1 Å². The summed E-state index contributed by atoms with van der Waals surface area (Å²) in [5.74, 6) is 0.121. The Bertz CT molecular complexity index is 668. The van der Waals surface area contributed by atoms with Crippen molar-refractivity contribution in [2.24, 2.45) is 5.73 Å². The summed E-state index contributed by atoms with van der Waals surface area (Å²) in [4.78, 5) is 17.1. The van der Waals surface area contributed by atoms with Crippen molar-refractivity contribution in [1.82, 2.24) is 15.2 Å². The highest BCUT2D eigenvalue weighted by molar-refractivity contribution is 7.17. The minimum atomic E-state index is -0.546. The van der Waals surface area contributed by atoms with Crippen LogP contribution in [0.2, 0.25) is 0 Å². The molecule has 0 saturated carbocycles. The second-order valence-electron chi connectivity index (χ2n) is 4.97. The van der Waals surface area contributed by atoms with Gasteiger partial charge < -0.3 is 21.1 Å². The van der Waals surface area contributed by atoms with E-state index < -0.39 is 5.91 Å². The van der Waals surface area contributed by atoms with Crippen molar-refractivity contribution >= 4 is 28.1 Å². The first-order valence-electron chi connectivity index (χ1n) is 6.88. The van der Waals surface area contributed by atoms with Crippen molar-refractivity contribution in [2.75, 3.05) is 23.7 Å². The molecule has 2 aromatic rings. The van der Waals surface area contributed by atoms with E-state index in [0.29, 0.717) is 11.4 Å². The number of amides is 1. The molecule has 4 N–H and O–H groups in total. The molecule has 0 bridgehead atoms. The highest BCUT2D eigenvalue weighted by Crippen LogP contribution is 2.27. The molecule has 2 aromatic heterocycles. The first-order valence-corrected chi connectivity index (χ1v) is 7.69. The van der Waals surface area contributed by atoms with Crippen molar-refractivity contribution < 1.29 is 9.53 Å². The van der Waals surface area contributed by atoms with E-state index in [1.807, 2.05) is 0 Å². The van der Waals surface area contributed by atoms with Gasteiger partial charge in [0.25, 0.3) is 5.91 Å². The van der Waals surface area contributed by atoms with Crippen LogP contribution in [0.25, 0.3) is 0 Å². The summed E-state index contributed by atoms with van der Waals surface area (Å²) in [6.45, 7) is 1.56. The number of aromatic nitrogens is 3. The van der Waals surface area contributed by atoms with Gasteiger partial charge in [-0.1, -0.05) is 11.3 Å². The second kappa shape index (κ2) is 6.14. The van der Waals surface area contributed by atoms with Gasteiger partial charge in [-0.2, -0.15) is 0 Å². The first kappa shape index (κ1) is 14.5. The van der Waals surface area contributed by atoms with E-state index in [2.05, 4.69) is 20.1 Å². The smallest absolute Gasteiger partial charge is 0.279 e. The number of hydrogen-bond acceptors (Lipinski definition) is 8. The third-order valence-corrected chi connectivity index (χ3v) is 4.44. The number of carbonyl (C=O) groups is 1. The predicted molar refractivity (Wildman–Crippen MR) is 82.9 cm³/mol. The van der Waals surface area contributed by atoms with Crippen LogP contribution in [0.15, 0.2) is 18.5 Å². The fourth-order valence-corrected chi connectivity index (χ4v) is 3.04. The fraction of sp³-hybridized carbons (Fsp3) is 0.385. The first-order chi connectivity index (χ1) is 10.6. The average Bonchev–Trinajstić information content (AvgIpc) is 3.00. The van der Waals surface area contributed by atoms with Gasteiger partial charge >= 0.3 is 0 Å². The monoisotopic (exact) mass is 320 g/mol. The number of nitrogens with two attached hydrogens (primary N) is 2. The molecule has 1 aliphatic heterocycles. The molecule has 3 rings (SSSR count). The van der Waals surface area contributed by atoms with Gasteiger partial charge in [-0.05, 0) is 0 Å². The molecule has 22 heavy (non-hydrogen) atoms. The standard InChI is InChI=1S/C13H16N6O2S/c14-9-7-16-4-1-10(9)21-8-2-5-19(6-3-8)13-18-17-12(22-13)11(15)20/h1,4,7-8H,2-3,5-6,14H2,(H2,15,20). The van der Waals surface area contributed by atoms with Crippen LogP contribution in [-0.4, -0.2) is 40.3 Å². The van der Waals surface area contributed by atoms with Crippen molar-refractivity contribution in [3.05, 3.63) is 23.5 Å². The Balaban J connectivity index is 1.58. The lowest BCUT2D eigenvalue weighted by atomic mass is 10.1. The SMILES string of the molecule is NC(=O)c1nnc(N2CCC(Oc3ccncc3N)CC2)s1. The van der Waals surface area contributed by atoms with Gasteiger partial charge in [0.15, 0.2) is 0 Å². The normalized spacial score (nSPS) is 15.7. The Morgan fingerprint density at radius 1 is 1.36 bits per heavy atom. The molecule has 1 amide bonds. The highest BCUT2D eigenvalue weighted by atomic mass is 32.1. The largest absolute Gasteiger partial charge is 0.488 e. The summed E-state index contributed by atoms with van der Waals surface area (Å²) in [5, 5.41) is 8.75. The number of ether oxygens (including phenoxy) is 1. The maximum Gasteiger partial charge on any atom is 0.279 e. The van der Waals surface area contributed by atoms with Crippen LogP contribution in [0, 0.1) is 0 Å². The average molecular weight is 320 g/mol.